The molecule has 0 saturated carbocycles. The topological polar surface area (TPSA) is 9.23 Å². The Labute approximate surface area is 64.6 Å². The molecule has 1 nitrogen and oxygen atoms in total. The number of fused-ring (bicyclic) bond motifs is 1. The fraction of sp³-hybridized carbons (Fsp3) is 0.500. The first kappa shape index (κ1) is 6.23. The van der Waals surface area contributed by atoms with Gasteiger partial charge in [-0.2, -0.15) is 0 Å². The van der Waals surface area contributed by atoms with Gasteiger partial charge in [0.2, 0.25) is 0 Å². The zero-order chi connectivity index (χ0) is 7.19. The Hall–Kier alpha value is -0.500. The summed E-state index contributed by atoms with van der Waals surface area (Å²) < 4.78 is 5.46. The molecule has 0 radical (unpaired) electrons. The molecule has 54 valence electrons. The van der Waals surface area contributed by atoms with E-state index in [1.165, 1.54) is 5.56 Å². The molecule has 0 saturated heterocycles. The van der Waals surface area contributed by atoms with E-state index in [9.17, 15) is 0 Å². The molecule has 2 heterocycles. The molecule has 10 heavy (non-hydrogen) atoms. The molecule has 0 fully saturated rings. The van der Waals surface area contributed by atoms with E-state index in [1.807, 2.05) is 0 Å². The van der Waals surface area contributed by atoms with E-state index in [4.69, 9.17) is 4.74 Å². The Bertz CT molecular complexity index is 250. The van der Waals surface area contributed by atoms with Crippen molar-refractivity contribution < 1.29 is 4.74 Å². The molecule has 1 aromatic heterocycles. The van der Waals surface area contributed by atoms with Crippen LogP contribution in [0, 0.1) is 0 Å². The maximum atomic E-state index is 5.46. The maximum Gasteiger partial charge on any atom is 0.133 e. The van der Waals surface area contributed by atoms with Gasteiger partial charge in [0.15, 0.2) is 0 Å². The predicted octanol–water partition coefficient (Wildman–Crippen LogP) is 2.42. The summed E-state index contributed by atoms with van der Waals surface area (Å²) in [6.45, 7) is 5.27. The maximum absolute atomic E-state index is 5.46. The lowest BCUT2D eigenvalue weighted by molar-refractivity contribution is 0.291. The average molecular weight is 154 g/mol. The molecule has 2 heteroatoms. The van der Waals surface area contributed by atoms with Crippen LogP contribution in [0.2, 0.25) is 0 Å². The van der Waals surface area contributed by atoms with Gasteiger partial charge in [-0.05, 0) is 5.38 Å². The van der Waals surface area contributed by atoms with Crippen molar-refractivity contribution in [3.05, 3.63) is 16.3 Å². The second-order valence-corrected chi connectivity index (χ2v) is 4.07. The van der Waals surface area contributed by atoms with E-state index in [-0.39, 0.29) is 5.41 Å². The minimum absolute atomic E-state index is 0.245. The summed E-state index contributed by atoms with van der Waals surface area (Å²) in [4.78, 5) is 0. The Kier molecular flexibility index (Phi) is 1.09. The molecule has 1 aliphatic heterocycles. The van der Waals surface area contributed by atoms with Crippen molar-refractivity contribution >= 4 is 11.3 Å². The molecule has 0 aromatic carbocycles. The van der Waals surface area contributed by atoms with Crippen LogP contribution >= 0.6 is 11.3 Å². The molecule has 0 unspecified atom stereocenters. The molecule has 0 spiro atoms. The zero-order valence-corrected chi connectivity index (χ0v) is 6.99. The smallest absolute Gasteiger partial charge is 0.133 e. The molecule has 2 rings (SSSR count). The van der Waals surface area contributed by atoms with Crippen LogP contribution in [-0.4, -0.2) is 6.61 Å². The number of ether oxygens (including phenoxy) is 1. The Balaban J connectivity index is 2.54. The quantitative estimate of drug-likeness (QED) is 0.557. The van der Waals surface area contributed by atoms with Crippen LogP contribution in [0.1, 0.15) is 19.4 Å². The van der Waals surface area contributed by atoms with Crippen LogP contribution in [0.15, 0.2) is 10.8 Å². The monoisotopic (exact) mass is 154 g/mol. The fourth-order valence-corrected chi connectivity index (χ4v) is 2.18. The first-order valence-electron chi connectivity index (χ1n) is 3.40. The summed E-state index contributed by atoms with van der Waals surface area (Å²) in [7, 11) is 0. The fourth-order valence-electron chi connectivity index (χ4n) is 1.23. The van der Waals surface area contributed by atoms with Crippen LogP contribution in [0.25, 0.3) is 0 Å². The Morgan fingerprint density at radius 2 is 2.30 bits per heavy atom. The molecule has 0 N–H and O–H groups in total. The summed E-state index contributed by atoms with van der Waals surface area (Å²) in [5.74, 6) is 1.09. The lowest BCUT2D eigenvalue weighted by Gasteiger charge is -2.13. The van der Waals surface area contributed by atoms with Crippen LogP contribution in [-0.2, 0) is 5.41 Å². The van der Waals surface area contributed by atoms with Gasteiger partial charge in [-0.1, -0.05) is 13.8 Å². The third-order valence-corrected chi connectivity index (χ3v) is 2.67. The van der Waals surface area contributed by atoms with Crippen molar-refractivity contribution in [3.63, 3.8) is 0 Å². The summed E-state index contributed by atoms with van der Waals surface area (Å²) in [6, 6.07) is 0. The molecule has 0 bridgehead atoms. The first-order valence-corrected chi connectivity index (χ1v) is 4.34. The van der Waals surface area contributed by atoms with Gasteiger partial charge >= 0.3 is 0 Å². The molecular weight excluding hydrogens is 144 g/mol. The van der Waals surface area contributed by atoms with Crippen LogP contribution in [0.4, 0.5) is 0 Å². The van der Waals surface area contributed by atoms with E-state index in [0.29, 0.717) is 0 Å². The molecule has 1 aromatic rings. The van der Waals surface area contributed by atoms with E-state index in [0.717, 1.165) is 12.4 Å². The molecule has 0 atom stereocenters. The number of hydrogen-bond donors (Lipinski definition) is 0. The summed E-state index contributed by atoms with van der Waals surface area (Å²) in [5, 5.41) is 4.26. The van der Waals surface area contributed by atoms with Crippen molar-refractivity contribution in [1.29, 1.82) is 0 Å². The van der Waals surface area contributed by atoms with Gasteiger partial charge in [-0.15, -0.1) is 11.3 Å². The summed E-state index contributed by atoms with van der Waals surface area (Å²) in [6.07, 6.45) is 0. The zero-order valence-electron chi connectivity index (χ0n) is 6.18. The van der Waals surface area contributed by atoms with E-state index < -0.39 is 0 Å². The van der Waals surface area contributed by atoms with Crippen LogP contribution < -0.4 is 4.74 Å². The summed E-state index contributed by atoms with van der Waals surface area (Å²) >= 11 is 1.72. The van der Waals surface area contributed by atoms with Crippen LogP contribution in [0.3, 0.4) is 0 Å². The lowest BCUT2D eigenvalue weighted by Crippen LogP contribution is -2.17. The van der Waals surface area contributed by atoms with Crippen molar-refractivity contribution in [2.45, 2.75) is 19.3 Å². The van der Waals surface area contributed by atoms with E-state index in [1.54, 1.807) is 11.3 Å². The SMILES string of the molecule is CC1(C)COc2cscc21. The highest BCUT2D eigenvalue weighted by Crippen LogP contribution is 2.40. The lowest BCUT2D eigenvalue weighted by atomic mass is 9.89. The highest BCUT2D eigenvalue weighted by Gasteiger charge is 2.31. The standard InChI is InChI=1S/C8H10OS/c1-8(2)5-9-7-4-10-3-6(7)8/h3-4H,5H2,1-2H3. The Morgan fingerprint density at radius 1 is 1.50 bits per heavy atom. The number of rotatable bonds is 0. The second-order valence-electron chi connectivity index (χ2n) is 3.32. The predicted molar refractivity (Wildman–Crippen MR) is 42.8 cm³/mol. The van der Waals surface area contributed by atoms with Gasteiger partial charge < -0.3 is 4.74 Å². The third-order valence-electron chi connectivity index (χ3n) is 1.94. The van der Waals surface area contributed by atoms with Crippen LogP contribution in [0.5, 0.6) is 5.75 Å². The minimum atomic E-state index is 0.245. The normalized spacial score (nSPS) is 20.2. The largest absolute Gasteiger partial charge is 0.491 e. The number of thiophene rings is 1. The van der Waals surface area contributed by atoms with Gasteiger partial charge in [0.1, 0.15) is 5.75 Å². The van der Waals surface area contributed by atoms with E-state index in [2.05, 4.69) is 24.6 Å². The average Bonchev–Trinajstić information content (AvgIpc) is 2.36. The van der Waals surface area contributed by atoms with Gasteiger partial charge in [-0.3, -0.25) is 0 Å². The van der Waals surface area contributed by atoms with Crippen molar-refractivity contribution in [3.8, 4) is 5.75 Å². The highest BCUT2D eigenvalue weighted by molar-refractivity contribution is 7.08. The molecule has 0 aliphatic carbocycles. The van der Waals surface area contributed by atoms with Gasteiger partial charge in [0.05, 0.1) is 6.61 Å². The Morgan fingerprint density at radius 3 is 3.00 bits per heavy atom. The number of hydrogen-bond acceptors (Lipinski definition) is 2. The molecule has 0 amide bonds. The molecular formula is C8H10OS. The van der Waals surface area contributed by atoms with Crippen molar-refractivity contribution in [1.82, 2.24) is 0 Å². The van der Waals surface area contributed by atoms with Crippen molar-refractivity contribution in [2.75, 3.05) is 6.61 Å². The third kappa shape index (κ3) is 0.686. The van der Waals surface area contributed by atoms with E-state index >= 15 is 0 Å². The second kappa shape index (κ2) is 1.76. The van der Waals surface area contributed by atoms with Crippen molar-refractivity contribution in [2.24, 2.45) is 0 Å². The van der Waals surface area contributed by atoms with Gasteiger partial charge in [0, 0.05) is 16.4 Å². The summed E-state index contributed by atoms with van der Waals surface area (Å²) in [5.41, 5.74) is 1.62. The van der Waals surface area contributed by atoms with Gasteiger partial charge in [0.25, 0.3) is 0 Å². The highest BCUT2D eigenvalue weighted by atomic mass is 32.1. The molecule has 1 aliphatic rings. The van der Waals surface area contributed by atoms with Gasteiger partial charge in [-0.25, -0.2) is 0 Å². The first-order chi connectivity index (χ1) is 4.70. The minimum Gasteiger partial charge on any atom is -0.491 e.